The monoisotopic (exact) mass is 220 g/mol. The molecule has 1 aliphatic rings. The molecule has 1 fully saturated rings. The van der Waals surface area contributed by atoms with E-state index in [0.717, 1.165) is 0 Å². The van der Waals surface area contributed by atoms with Gasteiger partial charge in [-0.05, 0) is 27.2 Å². The molecule has 15 heavy (non-hydrogen) atoms. The zero-order chi connectivity index (χ0) is 12.1. The Balaban J connectivity index is 0.000000921. The van der Waals surface area contributed by atoms with Crippen molar-refractivity contribution in [2.75, 3.05) is 13.1 Å². The van der Waals surface area contributed by atoms with E-state index in [2.05, 4.69) is 5.90 Å². The van der Waals surface area contributed by atoms with Crippen LogP contribution in [0.5, 0.6) is 0 Å². The molecule has 0 saturated carbocycles. The zero-order valence-corrected chi connectivity index (χ0v) is 9.43. The van der Waals surface area contributed by atoms with Gasteiger partial charge in [0.05, 0.1) is 6.10 Å². The fourth-order valence-electron chi connectivity index (χ4n) is 1.23. The third-order valence-electron chi connectivity index (χ3n) is 1.82. The quantitative estimate of drug-likeness (QED) is 0.511. The summed E-state index contributed by atoms with van der Waals surface area (Å²) in [6, 6.07) is 0. The number of aliphatic hydroxyl groups excluding tert-OH is 1. The molecule has 6 heteroatoms. The fraction of sp³-hybridized carbons (Fsp3) is 0.889. The van der Waals surface area contributed by atoms with Gasteiger partial charge < -0.3 is 20.0 Å². The number of aliphatic hydroxyl groups is 1. The number of rotatable bonds is 0. The van der Waals surface area contributed by atoms with Gasteiger partial charge in [0.2, 0.25) is 0 Å². The van der Waals surface area contributed by atoms with Gasteiger partial charge in [0.25, 0.3) is 0 Å². The van der Waals surface area contributed by atoms with Crippen molar-refractivity contribution in [2.24, 2.45) is 5.90 Å². The lowest BCUT2D eigenvalue weighted by molar-refractivity contribution is 0.0270. The molecule has 1 unspecified atom stereocenters. The van der Waals surface area contributed by atoms with E-state index in [0.29, 0.717) is 19.5 Å². The van der Waals surface area contributed by atoms with Gasteiger partial charge in [-0.25, -0.2) is 10.7 Å². The predicted octanol–water partition coefficient (Wildman–Crippen LogP) is 0.322. The first-order valence-electron chi connectivity index (χ1n) is 4.80. The van der Waals surface area contributed by atoms with Gasteiger partial charge in [0.1, 0.15) is 5.60 Å². The molecule has 0 aromatic heterocycles. The van der Waals surface area contributed by atoms with Gasteiger partial charge in [0.15, 0.2) is 0 Å². The maximum Gasteiger partial charge on any atom is 0.410 e. The highest BCUT2D eigenvalue weighted by atomic mass is 16.6. The molecule has 0 bridgehead atoms. The number of nitrogens with two attached hydrogens (primary N) is 1. The number of hydrogen-bond acceptors (Lipinski definition) is 5. The first-order valence-corrected chi connectivity index (χ1v) is 4.80. The Labute approximate surface area is 89.6 Å². The van der Waals surface area contributed by atoms with Crippen molar-refractivity contribution in [1.82, 2.24) is 4.90 Å². The Morgan fingerprint density at radius 1 is 1.47 bits per heavy atom. The van der Waals surface area contributed by atoms with Gasteiger partial charge in [0, 0.05) is 13.1 Å². The molecule has 1 amide bonds. The first-order chi connectivity index (χ1) is 6.88. The molecule has 4 N–H and O–H groups in total. The third-order valence-corrected chi connectivity index (χ3v) is 1.82. The summed E-state index contributed by atoms with van der Waals surface area (Å²) < 4.78 is 5.15. The summed E-state index contributed by atoms with van der Waals surface area (Å²) in [6.07, 6.45) is -0.0595. The summed E-state index contributed by atoms with van der Waals surface area (Å²) in [5.74, 6) is 3.50. The lowest BCUT2D eigenvalue weighted by Crippen LogP contribution is -2.35. The van der Waals surface area contributed by atoms with Crippen LogP contribution in [0, 0.1) is 0 Å². The van der Waals surface area contributed by atoms with Crippen LogP contribution in [0.1, 0.15) is 27.2 Å². The van der Waals surface area contributed by atoms with Gasteiger partial charge >= 0.3 is 6.09 Å². The highest BCUT2D eigenvalue weighted by molar-refractivity contribution is 5.68. The molecule has 0 aliphatic carbocycles. The van der Waals surface area contributed by atoms with E-state index >= 15 is 0 Å². The molecular weight excluding hydrogens is 200 g/mol. The average Bonchev–Trinajstić information content (AvgIpc) is 2.52. The van der Waals surface area contributed by atoms with Gasteiger partial charge in [-0.3, -0.25) is 0 Å². The number of likely N-dealkylation sites (tertiary alicyclic amines) is 1. The molecule has 1 atom stereocenters. The highest BCUT2D eigenvalue weighted by Gasteiger charge is 2.28. The van der Waals surface area contributed by atoms with Crippen LogP contribution < -0.4 is 5.90 Å². The lowest BCUT2D eigenvalue weighted by Gasteiger charge is -2.24. The van der Waals surface area contributed by atoms with Crippen molar-refractivity contribution in [2.45, 2.75) is 38.9 Å². The Kier molecular flexibility index (Phi) is 5.56. The Morgan fingerprint density at radius 2 is 2.00 bits per heavy atom. The summed E-state index contributed by atoms with van der Waals surface area (Å²) >= 11 is 0. The van der Waals surface area contributed by atoms with Crippen LogP contribution in [-0.2, 0) is 4.74 Å². The van der Waals surface area contributed by atoms with Crippen molar-refractivity contribution < 1.29 is 19.8 Å². The van der Waals surface area contributed by atoms with E-state index in [4.69, 9.17) is 9.94 Å². The second-order valence-corrected chi connectivity index (χ2v) is 4.37. The van der Waals surface area contributed by atoms with Gasteiger partial charge in [-0.15, -0.1) is 0 Å². The largest absolute Gasteiger partial charge is 0.444 e. The molecular formula is C9H20N2O4. The van der Waals surface area contributed by atoms with E-state index in [1.807, 2.05) is 20.8 Å². The maximum absolute atomic E-state index is 11.4. The second kappa shape index (κ2) is 5.89. The Bertz CT molecular complexity index is 203. The van der Waals surface area contributed by atoms with Crippen molar-refractivity contribution in [3.05, 3.63) is 0 Å². The normalized spacial score (nSPS) is 20.7. The molecule has 90 valence electrons. The van der Waals surface area contributed by atoms with Crippen LogP contribution in [0.25, 0.3) is 0 Å². The predicted molar refractivity (Wildman–Crippen MR) is 54.4 cm³/mol. The summed E-state index contributed by atoms with van der Waals surface area (Å²) in [7, 11) is 0. The van der Waals surface area contributed by atoms with Crippen molar-refractivity contribution in [1.29, 1.82) is 0 Å². The average molecular weight is 220 g/mol. The van der Waals surface area contributed by atoms with E-state index in [-0.39, 0.29) is 12.2 Å². The Hall–Kier alpha value is -0.850. The molecule has 0 aromatic rings. The third kappa shape index (κ3) is 5.56. The molecule has 6 nitrogen and oxygen atoms in total. The summed E-state index contributed by atoms with van der Waals surface area (Å²) in [4.78, 5) is 12.9. The van der Waals surface area contributed by atoms with Crippen LogP contribution >= 0.6 is 0 Å². The molecule has 1 rings (SSSR count). The smallest absolute Gasteiger partial charge is 0.410 e. The minimum atomic E-state index is -0.454. The van der Waals surface area contributed by atoms with Crippen LogP contribution in [0.3, 0.4) is 0 Å². The summed E-state index contributed by atoms with van der Waals surface area (Å²) in [5.41, 5.74) is -0.454. The number of carbonyl (C=O) groups is 1. The topological polar surface area (TPSA) is 96.0 Å². The van der Waals surface area contributed by atoms with Gasteiger partial charge in [-0.1, -0.05) is 0 Å². The van der Waals surface area contributed by atoms with Crippen molar-refractivity contribution in [3.63, 3.8) is 0 Å². The number of carbonyl (C=O) groups excluding carboxylic acids is 1. The number of amides is 1. The minimum Gasteiger partial charge on any atom is -0.444 e. The van der Waals surface area contributed by atoms with E-state index < -0.39 is 5.60 Å². The molecule has 0 radical (unpaired) electrons. The van der Waals surface area contributed by atoms with Crippen molar-refractivity contribution in [3.8, 4) is 0 Å². The van der Waals surface area contributed by atoms with E-state index in [1.165, 1.54) is 4.90 Å². The zero-order valence-electron chi connectivity index (χ0n) is 9.43. The van der Waals surface area contributed by atoms with E-state index in [9.17, 15) is 9.90 Å². The molecule has 1 aliphatic heterocycles. The maximum atomic E-state index is 11.4. The Morgan fingerprint density at radius 3 is 2.33 bits per heavy atom. The summed E-state index contributed by atoms with van der Waals surface area (Å²) in [6.45, 7) is 6.48. The van der Waals surface area contributed by atoms with Crippen LogP contribution in [-0.4, -0.2) is 46.1 Å². The molecule has 0 aromatic carbocycles. The molecule has 0 spiro atoms. The van der Waals surface area contributed by atoms with Crippen molar-refractivity contribution >= 4 is 6.09 Å². The van der Waals surface area contributed by atoms with Gasteiger partial charge in [-0.2, -0.15) is 0 Å². The molecule has 1 heterocycles. The lowest BCUT2D eigenvalue weighted by atomic mass is 10.2. The van der Waals surface area contributed by atoms with E-state index in [1.54, 1.807) is 0 Å². The SMILES string of the molecule is CC(C)(C)OC(=O)N1CCC(O)C1.NO. The first kappa shape index (κ1) is 14.2. The number of ether oxygens (including phenoxy) is 1. The van der Waals surface area contributed by atoms with Crippen LogP contribution in [0.15, 0.2) is 0 Å². The minimum absolute atomic E-state index is 0.330. The highest BCUT2D eigenvalue weighted by Crippen LogP contribution is 2.14. The van der Waals surface area contributed by atoms with Crippen LogP contribution in [0.4, 0.5) is 4.79 Å². The number of hydrogen-bond donors (Lipinski definition) is 3. The fourth-order valence-corrected chi connectivity index (χ4v) is 1.23. The summed E-state index contributed by atoms with van der Waals surface area (Å²) in [5, 5.41) is 15.7. The van der Waals surface area contributed by atoms with Crippen LogP contribution in [0.2, 0.25) is 0 Å². The number of nitrogens with zero attached hydrogens (tertiary/aromatic N) is 1. The molecule has 1 saturated heterocycles. The standard InChI is InChI=1S/C9H17NO3.H3NO/c1-9(2,3)13-8(12)10-5-4-7(11)6-10;1-2/h7,11H,4-6H2,1-3H3;2H,1H2. The second-order valence-electron chi connectivity index (χ2n) is 4.37. The number of β-amino-alcohol motifs (C(OH)–C–C–N with tert-alkyl or cyclic N) is 1.